The third-order valence-corrected chi connectivity index (χ3v) is 3.32. The third kappa shape index (κ3) is 2.62. The summed E-state index contributed by atoms with van der Waals surface area (Å²) in [6, 6.07) is 7.38. The van der Waals surface area contributed by atoms with E-state index in [0.717, 1.165) is 10.0 Å². The minimum Gasteiger partial charge on any atom is -0.339 e. The summed E-state index contributed by atoms with van der Waals surface area (Å²) >= 11 is 3.47. The summed E-state index contributed by atoms with van der Waals surface area (Å²) in [6.07, 6.45) is 0. The maximum atomic E-state index is 6.16. The van der Waals surface area contributed by atoms with Crippen molar-refractivity contribution in [2.75, 3.05) is 0 Å². The number of nitrogens with zero attached hydrogens (tertiary/aromatic N) is 2. The number of rotatable bonds is 2. The number of benzene rings is 1. The van der Waals surface area contributed by atoms with Gasteiger partial charge in [-0.3, -0.25) is 0 Å². The average molecular weight is 310 g/mol. The first-order valence-electron chi connectivity index (χ1n) is 5.73. The fourth-order valence-corrected chi connectivity index (χ4v) is 2.06. The van der Waals surface area contributed by atoms with Gasteiger partial charge < -0.3 is 10.3 Å². The predicted octanol–water partition coefficient (Wildman–Crippen LogP) is 3.18. The fourth-order valence-electron chi connectivity index (χ4n) is 1.53. The summed E-state index contributed by atoms with van der Waals surface area (Å²) in [5, 5.41) is 3.97. The van der Waals surface area contributed by atoms with Crippen LogP contribution < -0.4 is 5.73 Å². The number of aromatic nitrogens is 2. The quantitative estimate of drug-likeness (QED) is 0.925. The van der Waals surface area contributed by atoms with Gasteiger partial charge in [0.15, 0.2) is 5.82 Å². The van der Waals surface area contributed by atoms with Gasteiger partial charge >= 0.3 is 0 Å². The molecule has 2 N–H and O–H groups in total. The Morgan fingerprint density at radius 3 is 2.50 bits per heavy atom. The second-order valence-electron chi connectivity index (χ2n) is 5.21. The van der Waals surface area contributed by atoms with Gasteiger partial charge in [0, 0.05) is 9.89 Å². The van der Waals surface area contributed by atoms with Crippen LogP contribution in [-0.4, -0.2) is 10.1 Å². The van der Waals surface area contributed by atoms with Crippen LogP contribution in [0.4, 0.5) is 0 Å². The molecular weight excluding hydrogens is 294 g/mol. The van der Waals surface area contributed by atoms with Gasteiger partial charge in [0.05, 0.1) is 6.04 Å². The molecule has 1 unspecified atom stereocenters. The molecule has 0 bridgehead atoms. The molecule has 2 aromatic rings. The highest BCUT2D eigenvalue weighted by atomic mass is 79.9. The molecule has 0 radical (unpaired) electrons. The zero-order valence-corrected chi connectivity index (χ0v) is 12.2. The zero-order valence-electron chi connectivity index (χ0n) is 10.6. The van der Waals surface area contributed by atoms with E-state index in [-0.39, 0.29) is 11.5 Å². The molecule has 0 aliphatic carbocycles. The van der Waals surface area contributed by atoms with Gasteiger partial charge in [-0.15, -0.1) is 0 Å². The number of halogens is 1. The largest absolute Gasteiger partial charge is 0.339 e. The molecule has 1 aromatic heterocycles. The molecule has 0 aliphatic rings. The number of nitrogens with two attached hydrogens (primary N) is 1. The van der Waals surface area contributed by atoms with Gasteiger partial charge in [-0.1, -0.05) is 60.1 Å². The van der Waals surface area contributed by atoms with E-state index in [1.54, 1.807) is 0 Å². The first kappa shape index (κ1) is 13.2. The van der Waals surface area contributed by atoms with Crippen molar-refractivity contribution in [1.82, 2.24) is 10.1 Å². The smallest absolute Gasteiger partial charge is 0.232 e. The van der Waals surface area contributed by atoms with Crippen LogP contribution in [0.1, 0.15) is 44.1 Å². The van der Waals surface area contributed by atoms with E-state index < -0.39 is 0 Å². The summed E-state index contributed by atoms with van der Waals surface area (Å²) in [4.78, 5) is 4.38. The van der Waals surface area contributed by atoms with Crippen molar-refractivity contribution < 1.29 is 4.52 Å². The molecule has 96 valence electrons. The maximum Gasteiger partial charge on any atom is 0.232 e. The number of hydrogen-bond acceptors (Lipinski definition) is 4. The van der Waals surface area contributed by atoms with Gasteiger partial charge in [-0.25, -0.2) is 0 Å². The summed E-state index contributed by atoms with van der Waals surface area (Å²) in [7, 11) is 0. The predicted molar refractivity (Wildman–Crippen MR) is 73.2 cm³/mol. The van der Waals surface area contributed by atoms with E-state index in [1.165, 1.54) is 0 Å². The van der Waals surface area contributed by atoms with Crippen LogP contribution in [-0.2, 0) is 5.41 Å². The second-order valence-corrected chi connectivity index (χ2v) is 6.06. The third-order valence-electron chi connectivity index (χ3n) is 2.60. The van der Waals surface area contributed by atoms with E-state index in [1.807, 2.05) is 45.0 Å². The Balaban J connectivity index is 2.33. The van der Waals surface area contributed by atoms with Crippen molar-refractivity contribution in [3.05, 3.63) is 46.0 Å². The van der Waals surface area contributed by atoms with E-state index in [9.17, 15) is 0 Å². The molecule has 4 nitrogen and oxygen atoms in total. The van der Waals surface area contributed by atoms with Gasteiger partial charge in [0.25, 0.3) is 0 Å². The molecule has 0 amide bonds. The van der Waals surface area contributed by atoms with Crippen LogP contribution >= 0.6 is 15.9 Å². The van der Waals surface area contributed by atoms with Gasteiger partial charge in [0.2, 0.25) is 5.89 Å². The maximum absolute atomic E-state index is 6.16. The molecule has 0 spiro atoms. The normalized spacial score (nSPS) is 13.6. The first-order valence-corrected chi connectivity index (χ1v) is 6.53. The monoisotopic (exact) mass is 309 g/mol. The lowest BCUT2D eigenvalue weighted by Gasteiger charge is -2.11. The van der Waals surface area contributed by atoms with Gasteiger partial charge in [-0.05, 0) is 11.6 Å². The Labute approximate surface area is 115 Å². The minimum atomic E-state index is -0.388. The highest BCUT2D eigenvalue weighted by Gasteiger charge is 2.24. The molecule has 0 saturated heterocycles. The molecule has 0 saturated carbocycles. The molecule has 1 aromatic carbocycles. The molecule has 1 heterocycles. The molecule has 18 heavy (non-hydrogen) atoms. The van der Waals surface area contributed by atoms with Crippen LogP contribution in [0.3, 0.4) is 0 Å². The van der Waals surface area contributed by atoms with Crippen molar-refractivity contribution in [1.29, 1.82) is 0 Å². The summed E-state index contributed by atoms with van der Waals surface area (Å²) < 4.78 is 6.20. The topological polar surface area (TPSA) is 64.9 Å². The van der Waals surface area contributed by atoms with Gasteiger partial charge in [-0.2, -0.15) is 4.98 Å². The van der Waals surface area contributed by atoms with Crippen LogP contribution in [0.25, 0.3) is 0 Å². The van der Waals surface area contributed by atoms with E-state index in [2.05, 4.69) is 26.1 Å². The second kappa shape index (κ2) is 4.82. The molecular formula is C13H16BrN3O. The van der Waals surface area contributed by atoms with Crippen molar-refractivity contribution in [2.24, 2.45) is 5.73 Å². The van der Waals surface area contributed by atoms with Crippen molar-refractivity contribution in [2.45, 2.75) is 32.2 Å². The van der Waals surface area contributed by atoms with Crippen LogP contribution in [0.2, 0.25) is 0 Å². The van der Waals surface area contributed by atoms with Crippen molar-refractivity contribution in [3.8, 4) is 0 Å². The zero-order chi connectivity index (χ0) is 13.3. The van der Waals surface area contributed by atoms with E-state index in [0.29, 0.717) is 11.7 Å². The number of hydrogen-bond donors (Lipinski definition) is 1. The Kier molecular flexibility index (Phi) is 3.54. The Hall–Kier alpha value is -1.20. The highest BCUT2D eigenvalue weighted by Crippen LogP contribution is 2.27. The standard InChI is InChI=1S/C13H16BrN3O/c1-13(2,3)12-16-11(17-18-12)10(15)8-6-4-5-7-9(8)14/h4-7,10H,15H2,1-3H3. The van der Waals surface area contributed by atoms with Crippen LogP contribution in [0.15, 0.2) is 33.3 Å². The van der Waals surface area contributed by atoms with Crippen molar-refractivity contribution >= 4 is 15.9 Å². The van der Waals surface area contributed by atoms with E-state index in [4.69, 9.17) is 10.3 Å². The Bertz CT molecular complexity index is 545. The average Bonchev–Trinajstić information content (AvgIpc) is 2.77. The molecule has 2 rings (SSSR count). The molecule has 0 aliphatic heterocycles. The lowest BCUT2D eigenvalue weighted by Crippen LogP contribution is -2.16. The Morgan fingerprint density at radius 1 is 1.28 bits per heavy atom. The van der Waals surface area contributed by atoms with Crippen molar-refractivity contribution in [3.63, 3.8) is 0 Å². The lowest BCUT2D eigenvalue weighted by molar-refractivity contribution is 0.317. The summed E-state index contributed by atoms with van der Waals surface area (Å²) in [5.41, 5.74) is 6.93. The van der Waals surface area contributed by atoms with Crippen LogP contribution in [0.5, 0.6) is 0 Å². The fraction of sp³-hybridized carbons (Fsp3) is 0.385. The van der Waals surface area contributed by atoms with Crippen LogP contribution in [0, 0.1) is 0 Å². The Morgan fingerprint density at radius 2 is 1.94 bits per heavy atom. The van der Waals surface area contributed by atoms with E-state index >= 15 is 0 Å². The molecule has 5 heteroatoms. The SMILES string of the molecule is CC(C)(C)c1nc(C(N)c2ccccc2Br)no1. The molecule has 0 fully saturated rings. The first-order chi connectivity index (χ1) is 8.39. The minimum absolute atomic E-state index is 0.168. The highest BCUT2D eigenvalue weighted by molar-refractivity contribution is 9.10. The summed E-state index contributed by atoms with van der Waals surface area (Å²) in [5.74, 6) is 1.10. The summed E-state index contributed by atoms with van der Waals surface area (Å²) in [6.45, 7) is 6.07. The van der Waals surface area contributed by atoms with Gasteiger partial charge in [0.1, 0.15) is 0 Å². The lowest BCUT2D eigenvalue weighted by atomic mass is 9.97. The molecule has 1 atom stereocenters.